The lowest BCUT2D eigenvalue weighted by molar-refractivity contribution is 0.0748. The Morgan fingerprint density at radius 2 is 1.75 bits per heavy atom. The Hall–Kier alpha value is -1.71. The molecule has 0 aliphatic heterocycles. The van der Waals surface area contributed by atoms with E-state index in [0.717, 1.165) is 38.8 Å². The third-order valence-corrected chi connectivity index (χ3v) is 3.40. The van der Waals surface area contributed by atoms with Crippen LogP contribution in [0.3, 0.4) is 0 Å². The van der Waals surface area contributed by atoms with E-state index in [1.54, 1.807) is 19.1 Å². The van der Waals surface area contributed by atoms with Crippen molar-refractivity contribution in [2.75, 3.05) is 18.8 Å². The minimum atomic E-state index is -0.125. The highest BCUT2D eigenvalue weighted by Crippen LogP contribution is 2.26. The summed E-state index contributed by atoms with van der Waals surface area (Å²) in [6.45, 7) is 7.41. The summed E-state index contributed by atoms with van der Waals surface area (Å²) in [5, 5.41) is 10.1. The van der Waals surface area contributed by atoms with Gasteiger partial charge in [0, 0.05) is 18.8 Å². The molecule has 1 aromatic carbocycles. The van der Waals surface area contributed by atoms with Gasteiger partial charge in [-0.3, -0.25) is 4.79 Å². The molecule has 112 valence electrons. The number of hydrogen-bond donors (Lipinski definition) is 2. The van der Waals surface area contributed by atoms with Crippen LogP contribution < -0.4 is 5.73 Å². The van der Waals surface area contributed by atoms with Gasteiger partial charge in [0.1, 0.15) is 5.75 Å². The first-order valence-electron chi connectivity index (χ1n) is 7.39. The first-order valence-corrected chi connectivity index (χ1v) is 7.39. The number of nitrogens with zero attached hydrogens (tertiary/aromatic N) is 1. The van der Waals surface area contributed by atoms with Crippen LogP contribution >= 0.6 is 0 Å². The van der Waals surface area contributed by atoms with Gasteiger partial charge in [0.25, 0.3) is 5.91 Å². The number of unbranched alkanes of at least 4 members (excludes halogenated alkanes) is 2. The third-order valence-electron chi connectivity index (χ3n) is 3.40. The first kappa shape index (κ1) is 16.3. The Bertz CT molecular complexity index is 450. The van der Waals surface area contributed by atoms with Crippen molar-refractivity contribution in [2.24, 2.45) is 0 Å². The second-order valence-corrected chi connectivity index (χ2v) is 5.23. The fraction of sp³-hybridized carbons (Fsp3) is 0.562. The van der Waals surface area contributed by atoms with Gasteiger partial charge >= 0.3 is 0 Å². The molecule has 1 rings (SSSR count). The maximum absolute atomic E-state index is 12.6. The van der Waals surface area contributed by atoms with Crippen molar-refractivity contribution in [1.29, 1.82) is 0 Å². The lowest BCUT2D eigenvalue weighted by Gasteiger charge is -2.23. The molecular formula is C16H26N2O2. The summed E-state index contributed by atoms with van der Waals surface area (Å²) in [6, 6.07) is 3.24. The molecule has 0 aromatic heterocycles. The van der Waals surface area contributed by atoms with Crippen LogP contribution in [0.5, 0.6) is 5.75 Å². The van der Waals surface area contributed by atoms with Crippen molar-refractivity contribution in [2.45, 2.75) is 46.5 Å². The van der Waals surface area contributed by atoms with Crippen molar-refractivity contribution in [1.82, 2.24) is 4.90 Å². The maximum atomic E-state index is 12.6. The van der Waals surface area contributed by atoms with E-state index < -0.39 is 0 Å². The second kappa shape index (κ2) is 7.78. The maximum Gasteiger partial charge on any atom is 0.257 e. The van der Waals surface area contributed by atoms with Gasteiger partial charge in [-0.2, -0.15) is 0 Å². The highest BCUT2D eigenvalue weighted by atomic mass is 16.3. The highest BCUT2D eigenvalue weighted by Gasteiger charge is 2.19. The van der Waals surface area contributed by atoms with E-state index in [1.165, 1.54) is 0 Å². The van der Waals surface area contributed by atoms with Crippen LogP contribution in [0.25, 0.3) is 0 Å². The van der Waals surface area contributed by atoms with E-state index in [0.29, 0.717) is 16.8 Å². The Balaban J connectivity index is 2.98. The smallest absolute Gasteiger partial charge is 0.257 e. The lowest BCUT2D eigenvalue weighted by Crippen LogP contribution is -2.33. The molecule has 0 unspecified atom stereocenters. The van der Waals surface area contributed by atoms with Crippen LogP contribution in [-0.2, 0) is 0 Å². The number of nitrogen functional groups attached to an aromatic ring is 1. The average molecular weight is 278 g/mol. The molecule has 4 heteroatoms. The normalized spacial score (nSPS) is 10.6. The van der Waals surface area contributed by atoms with E-state index in [4.69, 9.17) is 5.73 Å². The molecule has 0 saturated heterocycles. The zero-order valence-electron chi connectivity index (χ0n) is 12.8. The van der Waals surface area contributed by atoms with Crippen LogP contribution in [0.4, 0.5) is 5.69 Å². The number of amides is 1. The molecule has 0 saturated carbocycles. The fourth-order valence-corrected chi connectivity index (χ4v) is 2.15. The molecule has 0 aliphatic rings. The molecule has 0 bridgehead atoms. The minimum Gasteiger partial charge on any atom is -0.507 e. The largest absolute Gasteiger partial charge is 0.507 e. The zero-order chi connectivity index (χ0) is 15.1. The SMILES string of the molecule is CCCCN(CCCC)C(=O)c1cc(N)cc(C)c1O. The van der Waals surface area contributed by atoms with E-state index in [1.807, 2.05) is 4.90 Å². The number of anilines is 1. The predicted molar refractivity (Wildman–Crippen MR) is 83.0 cm³/mol. The molecule has 4 nitrogen and oxygen atoms in total. The van der Waals surface area contributed by atoms with Gasteiger partial charge in [-0.05, 0) is 37.5 Å². The number of aryl methyl sites for hydroxylation is 1. The molecule has 0 spiro atoms. The van der Waals surface area contributed by atoms with Crippen LogP contribution in [-0.4, -0.2) is 29.0 Å². The molecule has 0 fully saturated rings. The van der Waals surface area contributed by atoms with Crippen LogP contribution in [0, 0.1) is 6.92 Å². The van der Waals surface area contributed by atoms with E-state index in [9.17, 15) is 9.90 Å². The zero-order valence-corrected chi connectivity index (χ0v) is 12.8. The van der Waals surface area contributed by atoms with Crippen LogP contribution in [0.15, 0.2) is 12.1 Å². The average Bonchev–Trinajstić information content (AvgIpc) is 2.42. The number of hydrogen-bond acceptors (Lipinski definition) is 3. The number of aromatic hydroxyl groups is 1. The Morgan fingerprint density at radius 3 is 2.25 bits per heavy atom. The lowest BCUT2D eigenvalue weighted by atomic mass is 10.1. The third kappa shape index (κ3) is 4.15. The number of phenols is 1. The van der Waals surface area contributed by atoms with Gasteiger partial charge in [0.15, 0.2) is 0 Å². The van der Waals surface area contributed by atoms with Gasteiger partial charge in [0.05, 0.1) is 5.56 Å². The molecule has 1 amide bonds. The van der Waals surface area contributed by atoms with Gasteiger partial charge in [-0.15, -0.1) is 0 Å². The summed E-state index contributed by atoms with van der Waals surface area (Å²) < 4.78 is 0. The molecule has 20 heavy (non-hydrogen) atoms. The van der Waals surface area contributed by atoms with E-state index in [-0.39, 0.29) is 11.7 Å². The standard InChI is InChI=1S/C16H26N2O2/c1-4-6-8-18(9-7-5-2)16(20)14-11-13(17)10-12(3)15(14)19/h10-11,19H,4-9,17H2,1-3H3. The summed E-state index contributed by atoms with van der Waals surface area (Å²) in [4.78, 5) is 14.4. The van der Waals surface area contributed by atoms with Gasteiger partial charge in [-0.1, -0.05) is 26.7 Å². The summed E-state index contributed by atoms with van der Waals surface area (Å²) in [5.41, 5.74) is 7.25. The molecule has 1 aromatic rings. The number of rotatable bonds is 7. The summed E-state index contributed by atoms with van der Waals surface area (Å²) >= 11 is 0. The van der Waals surface area contributed by atoms with Gasteiger partial charge in [0.2, 0.25) is 0 Å². The highest BCUT2D eigenvalue weighted by molar-refractivity contribution is 5.98. The van der Waals surface area contributed by atoms with Crippen molar-refractivity contribution in [3.05, 3.63) is 23.3 Å². The minimum absolute atomic E-state index is 0.0437. The number of carbonyl (C=O) groups excluding carboxylic acids is 1. The summed E-state index contributed by atoms with van der Waals surface area (Å²) in [5.74, 6) is -0.0815. The Morgan fingerprint density at radius 1 is 1.20 bits per heavy atom. The monoisotopic (exact) mass is 278 g/mol. The molecule has 0 heterocycles. The quantitative estimate of drug-likeness (QED) is 0.594. The summed E-state index contributed by atoms with van der Waals surface area (Å²) in [7, 11) is 0. The first-order chi connectivity index (χ1) is 9.51. The fourth-order valence-electron chi connectivity index (χ4n) is 2.15. The number of carbonyl (C=O) groups is 1. The summed E-state index contributed by atoms with van der Waals surface area (Å²) in [6.07, 6.45) is 4.02. The van der Waals surface area contributed by atoms with Crippen LogP contribution in [0.2, 0.25) is 0 Å². The topological polar surface area (TPSA) is 66.6 Å². The van der Waals surface area contributed by atoms with Crippen molar-refractivity contribution in [3.63, 3.8) is 0 Å². The van der Waals surface area contributed by atoms with Crippen molar-refractivity contribution in [3.8, 4) is 5.75 Å². The molecular weight excluding hydrogens is 252 g/mol. The Kier molecular flexibility index (Phi) is 6.36. The molecule has 0 aliphatic carbocycles. The van der Waals surface area contributed by atoms with Crippen LogP contribution in [0.1, 0.15) is 55.5 Å². The van der Waals surface area contributed by atoms with Gasteiger partial charge < -0.3 is 15.7 Å². The van der Waals surface area contributed by atoms with Gasteiger partial charge in [-0.25, -0.2) is 0 Å². The molecule has 3 N–H and O–H groups in total. The number of phenolic OH excluding ortho intramolecular Hbond substituents is 1. The van der Waals surface area contributed by atoms with E-state index >= 15 is 0 Å². The number of nitrogens with two attached hydrogens (primary N) is 1. The predicted octanol–water partition coefficient (Wildman–Crippen LogP) is 3.33. The molecule has 0 atom stereocenters. The second-order valence-electron chi connectivity index (χ2n) is 5.23. The van der Waals surface area contributed by atoms with Crippen molar-refractivity contribution < 1.29 is 9.90 Å². The number of benzene rings is 1. The van der Waals surface area contributed by atoms with E-state index in [2.05, 4.69) is 13.8 Å². The molecule has 0 radical (unpaired) electrons. The Labute approximate surface area is 121 Å². The van der Waals surface area contributed by atoms with Crippen molar-refractivity contribution >= 4 is 11.6 Å².